The van der Waals surface area contributed by atoms with E-state index in [9.17, 15) is 9.59 Å². The lowest BCUT2D eigenvalue weighted by Gasteiger charge is -2.10. The molecule has 0 atom stereocenters. The van der Waals surface area contributed by atoms with Crippen molar-refractivity contribution in [2.75, 3.05) is 11.9 Å². The van der Waals surface area contributed by atoms with Gasteiger partial charge in [-0.1, -0.05) is 6.07 Å². The predicted molar refractivity (Wildman–Crippen MR) is 75.0 cm³/mol. The summed E-state index contributed by atoms with van der Waals surface area (Å²) in [5.41, 5.74) is 4.43. The largest absolute Gasteiger partial charge is 0.478 e. The van der Waals surface area contributed by atoms with Gasteiger partial charge in [-0.2, -0.15) is 0 Å². The third-order valence-corrected chi connectivity index (χ3v) is 3.71. The van der Waals surface area contributed by atoms with Crippen LogP contribution in [0.3, 0.4) is 0 Å². The van der Waals surface area contributed by atoms with Crippen LogP contribution in [0, 0.1) is 6.92 Å². The molecule has 20 heavy (non-hydrogen) atoms. The monoisotopic (exact) mass is 270 g/mol. The van der Waals surface area contributed by atoms with E-state index in [4.69, 9.17) is 5.11 Å². The number of carboxylic acid groups (broad SMARTS) is 1. The molecule has 0 saturated heterocycles. The number of H-pyrrole nitrogens is 1. The quantitative estimate of drug-likeness (QED) is 0.878. The smallest absolute Gasteiger partial charge is 0.337 e. The number of fused-ring (bicyclic) bond motifs is 1. The van der Waals surface area contributed by atoms with Crippen LogP contribution in [-0.4, -0.2) is 29.0 Å². The third-order valence-electron chi connectivity index (χ3n) is 3.71. The molecule has 0 aliphatic carbocycles. The Morgan fingerprint density at radius 3 is 2.75 bits per heavy atom. The van der Waals surface area contributed by atoms with Crippen molar-refractivity contribution in [2.45, 2.75) is 13.3 Å². The Morgan fingerprint density at radius 2 is 2.10 bits per heavy atom. The summed E-state index contributed by atoms with van der Waals surface area (Å²) < 4.78 is 0. The minimum absolute atomic E-state index is 0.0750. The van der Waals surface area contributed by atoms with Gasteiger partial charge < -0.3 is 15.0 Å². The number of aromatic amines is 1. The van der Waals surface area contributed by atoms with Gasteiger partial charge in [-0.25, -0.2) is 4.79 Å². The number of aromatic carboxylic acids is 1. The highest BCUT2D eigenvalue weighted by molar-refractivity contribution is 6.01. The third kappa shape index (κ3) is 1.79. The Labute approximate surface area is 115 Å². The number of nitrogens with zero attached hydrogens (tertiary/aromatic N) is 1. The number of aryl methyl sites for hydroxylation is 1. The van der Waals surface area contributed by atoms with E-state index in [1.807, 2.05) is 18.2 Å². The number of amides is 1. The van der Waals surface area contributed by atoms with Crippen LogP contribution in [0.2, 0.25) is 0 Å². The molecule has 0 bridgehead atoms. The van der Waals surface area contributed by atoms with E-state index in [-0.39, 0.29) is 11.5 Å². The number of benzene rings is 1. The second kappa shape index (κ2) is 4.23. The van der Waals surface area contributed by atoms with Gasteiger partial charge in [0.2, 0.25) is 5.91 Å². The maximum atomic E-state index is 11.7. The van der Waals surface area contributed by atoms with Gasteiger partial charge in [-0.3, -0.25) is 4.79 Å². The van der Waals surface area contributed by atoms with Crippen LogP contribution in [0.25, 0.3) is 11.3 Å². The lowest BCUT2D eigenvalue weighted by atomic mass is 10.1. The van der Waals surface area contributed by atoms with Crippen molar-refractivity contribution in [1.82, 2.24) is 4.98 Å². The lowest BCUT2D eigenvalue weighted by Crippen LogP contribution is -2.20. The molecule has 1 aliphatic heterocycles. The van der Waals surface area contributed by atoms with Crippen molar-refractivity contribution in [2.24, 2.45) is 0 Å². The zero-order valence-corrected chi connectivity index (χ0v) is 11.2. The first-order valence-corrected chi connectivity index (χ1v) is 6.30. The fraction of sp³-hybridized carbons (Fsp3) is 0.200. The maximum Gasteiger partial charge on any atom is 0.337 e. The first-order valence-electron chi connectivity index (χ1n) is 6.30. The van der Waals surface area contributed by atoms with Crippen LogP contribution in [0.1, 0.15) is 21.6 Å². The van der Waals surface area contributed by atoms with Gasteiger partial charge in [-0.05, 0) is 36.2 Å². The summed E-state index contributed by atoms with van der Waals surface area (Å²) in [5.74, 6) is -0.868. The topological polar surface area (TPSA) is 73.4 Å². The zero-order valence-electron chi connectivity index (χ0n) is 11.2. The highest BCUT2D eigenvalue weighted by Crippen LogP contribution is 2.32. The van der Waals surface area contributed by atoms with E-state index < -0.39 is 5.97 Å². The first-order chi connectivity index (χ1) is 9.47. The summed E-state index contributed by atoms with van der Waals surface area (Å²) in [4.78, 5) is 27.5. The molecule has 1 aromatic carbocycles. The van der Waals surface area contributed by atoms with Gasteiger partial charge in [0.25, 0.3) is 0 Å². The Bertz CT molecular complexity index is 731. The molecule has 0 saturated carbocycles. The molecule has 2 aromatic rings. The summed E-state index contributed by atoms with van der Waals surface area (Å²) in [6, 6.07) is 7.35. The van der Waals surface area contributed by atoms with Crippen LogP contribution in [-0.2, 0) is 11.2 Å². The van der Waals surface area contributed by atoms with Gasteiger partial charge in [-0.15, -0.1) is 0 Å². The molecule has 0 spiro atoms. The Balaban J connectivity index is 2.05. The lowest BCUT2D eigenvalue weighted by molar-refractivity contribution is -0.117. The molecular formula is C15H14N2O3. The summed E-state index contributed by atoms with van der Waals surface area (Å²) >= 11 is 0. The number of carbonyl (C=O) groups excluding carboxylic acids is 1. The fourth-order valence-corrected chi connectivity index (χ4v) is 2.57. The van der Waals surface area contributed by atoms with E-state index in [0.29, 0.717) is 12.1 Å². The molecule has 3 rings (SSSR count). The molecule has 2 heterocycles. The standard InChI is InChI=1S/C15H14N2O3/c1-8-11(15(19)20)7-12(16-8)9-3-4-13-10(5-9)6-14(18)17(13)2/h3-5,7,16H,6H2,1-2H3,(H,19,20). The summed E-state index contributed by atoms with van der Waals surface area (Å²) in [5, 5.41) is 9.08. The average molecular weight is 270 g/mol. The highest BCUT2D eigenvalue weighted by Gasteiger charge is 2.24. The first kappa shape index (κ1) is 12.5. The number of hydrogen-bond acceptors (Lipinski definition) is 2. The molecule has 0 fully saturated rings. The number of nitrogens with one attached hydrogen (secondary N) is 1. The molecule has 102 valence electrons. The summed E-state index contributed by atoms with van der Waals surface area (Å²) in [6.07, 6.45) is 0.394. The average Bonchev–Trinajstić information content (AvgIpc) is 2.91. The number of anilines is 1. The summed E-state index contributed by atoms with van der Waals surface area (Å²) in [6.45, 7) is 1.73. The highest BCUT2D eigenvalue weighted by atomic mass is 16.4. The van der Waals surface area contributed by atoms with Gasteiger partial charge in [0.15, 0.2) is 0 Å². The normalized spacial score (nSPS) is 13.7. The van der Waals surface area contributed by atoms with Crippen LogP contribution < -0.4 is 4.90 Å². The molecule has 1 amide bonds. The molecular weight excluding hydrogens is 256 g/mol. The van der Waals surface area contributed by atoms with E-state index in [2.05, 4.69) is 4.98 Å². The van der Waals surface area contributed by atoms with Crippen LogP contribution >= 0.6 is 0 Å². The van der Waals surface area contributed by atoms with Crippen LogP contribution in [0.5, 0.6) is 0 Å². The van der Waals surface area contributed by atoms with Crippen LogP contribution in [0.4, 0.5) is 5.69 Å². The van der Waals surface area contributed by atoms with Crippen molar-refractivity contribution < 1.29 is 14.7 Å². The number of hydrogen-bond donors (Lipinski definition) is 2. The van der Waals surface area contributed by atoms with Crippen molar-refractivity contribution in [3.63, 3.8) is 0 Å². The molecule has 0 unspecified atom stereocenters. The Hall–Kier alpha value is -2.56. The van der Waals surface area contributed by atoms with E-state index in [1.165, 1.54) is 0 Å². The minimum Gasteiger partial charge on any atom is -0.478 e. The SMILES string of the molecule is Cc1[nH]c(-c2ccc3c(c2)CC(=O)N3C)cc1C(=O)O. The maximum absolute atomic E-state index is 11.7. The number of aromatic nitrogens is 1. The molecule has 5 heteroatoms. The molecule has 2 N–H and O–H groups in total. The number of likely N-dealkylation sites (N-methyl/N-ethyl adjacent to an activating group) is 1. The van der Waals surface area contributed by atoms with Gasteiger partial charge in [0.05, 0.1) is 12.0 Å². The Kier molecular flexibility index (Phi) is 2.64. The molecule has 5 nitrogen and oxygen atoms in total. The predicted octanol–water partition coefficient (Wildman–Crippen LogP) is 2.21. The molecule has 1 aliphatic rings. The van der Waals surface area contributed by atoms with Crippen molar-refractivity contribution in [1.29, 1.82) is 0 Å². The minimum atomic E-state index is -0.943. The Morgan fingerprint density at radius 1 is 1.35 bits per heavy atom. The molecule has 0 radical (unpaired) electrons. The van der Waals surface area contributed by atoms with E-state index >= 15 is 0 Å². The second-order valence-corrected chi connectivity index (χ2v) is 5.00. The van der Waals surface area contributed by atoms with Crippen LogP contribution in [0.15, 0.2) is 24.3 Å². The summed E-state index contributed by atoms with van der Waals surface area (Å²) in [7, 11) is 1.76. The fourth-order valence-electron chi connectivity index (χ4n) is 2.57. The van der Waals surface area contributed by atoms with Gasteiger partial charge in [0.1, 0.15) is 0 Å². The molecule has 1 aromatic heterocycles. The van der Waals surface area contributed by atoms with Crippen molar-refractivity contribution in [3.05, 3.63) is 41.1 Å². The number of carbonyl (C=O) groups is 2. The van der Waals surface area contributed by atoms with Gasteiger partial charge in [0, 0.05) is 24.1 Å². The number of carboxylic acids is 1. The second-order valence-electron chi connectivity index (χ2n) is 5.00. The number of rotatable bonds is 2. The van der Waals surface area contributed by atoms with E-state index in [1.54, 1.807) is 24.9 Å². The van der Waals surface area contributed by atoms with Crippen molar-refractivity contribution in [3.8, 4) is 11.3 Å². The zero-order chi connectivity index (χ0) is 14.4. The van der Waals surface area contributed by atoms with Gasteiger partial charge >= 0.3 is 5.97 Å². The van der Waals surface area contributed by atoms with E-state index in [0.717, 1.165) is 22.5 Å². The van der Waals surface area contributed by atoms with Crippen molar-refractivity contribution >= 4 is 17.6 Å².